The number of hydrogen-bond acceptors (Lipinski definition) is 3. The van der Waals surface area contributed by atoms with Crippen molar-refractivity contribution in [2.24, 2.45) is 0 Å². The first kappa shape index (κ1) is 13.8. The first-order chi connectivity index (χ1) is 9.22. The summed E-state index contributed by atoms with van der Waals surface area (Å²) >= 11 is 0. The van der Waals surface area contributed by atoms with Gasteiger partial charge in [0.1, 0.15) is 0 Å². The zero-order chi connectivity index (χ0) is 13.7. The molecule has 0 spiro atoms. The van der Waals surface area contributed by atoms with Crippen LogP contribution >= 0.6 is 0 Å². The van der Waals surface area contributed by atoms with Gasteiger partial charge in [0.15, 0.2) is 6.04 Å². The van der Waals surface area contributed by atoms with E-state index >= 15 is 0 Å². The lowest BCUT2D eigenvalue weighted by atomic mass is 9.95. The fourth-order valence-electron chi connectivity index (χ4n) is 2.76. The Morgan fingerprint density at radius 2 is 2.00 bits per heavy atom. The first-order valence-electron chi connectivity index (χ1n) is 7.01. The minimum Gasteiger partial charge on any atom is -0.354 e. The van der Waals surface area contributed by atoms with E-state index in [9.17, 15) is 14.4 Å². The standard InChI is InChI=1S/C13H21N3O3/c17-9-16-8-4-7-14-12(18)11(16)13(19)15-10-5-2-1-3-6-10/h9-11H,1-8H2,(H,14,18)(H,15,19). The molecule has 0 radical (unpaired) electrons. The molecule has 1 saturated carbocycles. The molecule has 0 aromatic heterocycles. The number of hydrogen-bond donors (Lipinski definition) is 2. The fourth-order valence-corrected chi connectivity index (χ4v) is 2.76. The summed E-state index contributed by atoms with van der Waals surface area (Å²) in [6.07, 6.45) is 6.62. The highest BCUT2D eigenvalue weighted by Crippen LogP contribution is 2.17. The summed E-state index contributed by atoms with van der Waals surface area (Å²) in [5.41, 5.74) is 0. The van der Waals surface area contributed by atoms with Crippen LogP contribution in [0.15, 0.2) is 0 Å². The van der Waals surface area contributed by atoms with Gasteiger partial charge in [0.2, 0.25) is 6.41 Å². The molecule has 0 aromatic carbocycles. The van der Waals surface area contributed by atoms with Gasteiger partial charge in [-0.05, 0) is 19.3 Å². The van der Waals surface area contributed by atoms with Crippen molar-refractivity contribution in [3.63, 3.8) is 0 Å². The molecule has 0 bridgehead atoms. The summed E-state index contributed by atoms with van der Waals surface area (Å²) in [7, 11) is 0. The second kappa shape index (κ2) is 6.54. The lowest BCUT2D eigenvalue weighted by Gasteiger charge is -2.28. The summed E-state index contributed by atoms with van der Waals surface area (Å²) in [6.45, 7) is 0.946. The summed E-state index contributed by atoms with van der Waals surface area (Å²) in [6, 6.07) is -0.868. The Labute approximate surface area is 112 Å². The van der Waals surface area contributed by atoms with Crippen molar-refractivity contribution in [1.82, 2.24) is 15.5 Å². The number of rotatable bonds is 3. The number of amides is 3. The largest absolute Gasteiger partial charge is 0.354 e. The van der Waals surface area contributed by atoms with Gasteiger partial charge in [0.05, 0.1) is 0 Å². The molecule has 2 aliphatic rings. The van der Waals surface area contributed by atoms with Gasteiger partial charge >= 0.3 is 0 Å². The Hall–Kier alpha value is -1.59. The molecular weight excluding hydrogens is 246 g/mol. The van der Waals surface area contributed by atoms with E-state index in [2.05, 4.69) is 10.6 Å². The number of carbonyl (C=O) groups excluding carboxylic acids is 3. The lowest BCUT2D eigenvalue weighted by molar-refractivity contribution is -0.141. The Kier molecular flexibility index (Phi) is 4.76. The highest BCUT2D eigenvalue weighted by Gasteiger charge is 2.34. The molecule has 19 heavy (non-hydrogen) atoms. The van der Waals surface area contributed by atoms with Crippen LogP contribution in [-0.4, -0.2) is 48.3 Å². The van der Waals surface area contributed by atoms with Crippen LogP contribution in [0.25, 0.3) is 0 Å². The van der Waals surface area contributed by atoms with E-state index in [1.165, 1.54) is 11.3 Å². The molecular formula is C13H21N3O3. The second-order valence-corrected chi connectivity index (χ2v) is 5.23. The van der Waals surface area contributed by atoms with Crippen molar-refractivity contribution < 1.29 is 14.4 Å². The molecule has 1 heterocycles. The van der Waals surface area contributed by atoms with Gasteiger partial charge < -0.3 is 15.5 Å². The van der Waals surface area contributed by atoms with Crippen LogP contribution in [0.1, 0.15) is 38.5 Å². The monoisotopic (exact) mass is 267 g/mol. The van der Waals surface area contributed by atoms with Gasteiger partial charge in [-0.15, -0.1) is 0 Å². The number of nitrogens with one attached hydrogen (secondary N) is 2. The highest BCUT2D eigenvalue weighted by molar-refractivity contribution is 6.05. The molecule has 1 unspecified atom stereocenters. The molecule has 2 fully saturated rings. The van der Waals surface area contributed by atoms with Crippen LogP contribution in [-0.2, 0) is 14.4 Å². The number of carbonyl (C=O) groups is 3. The van der Waals surface area contributed by atoms with E-state index < -0.39 is 6.04 Å². The zero-order valence-corrected chi connectivity index (χ0v) is 11.1. The molecule has 1 atom stereocenters. The summed E-state index contributed by atoms with van der Waals surface area (Å²) in [5.74, 6) is -0.726. The molecule has 1 saturated heterocycles. The third-order valence-corrected chi connectivity index (χ3v) is 3.81. The van der Waals surface area contributed by atoms with Crippen LogP contribution in [0.2, 0.25) is 0 Å². The van der Waals surface area contributed by atoms with Gasteiger partial charge in [0, 0.05) is 19.1 Å². The fraction of sp³-hybridized carbons (Fsp3) is 0.769. The van der Waals surface area contributed by atoms with Gasteiger partial charge in [-0.1, -0.05) is 19.3 Å². The summed E-state index contributed by atoms with van der Waals surface area (Å²) in [5, 5.41) is 5.59. The normalized spacial score (nSPS) is 25.4. The zero-order valence-electron chi connectivity index (χ0n) is 11.1. The average molecular weight is 267 g/mol. The predicted octanol–water partition coefficient (Wildman–Crippen LogP) is -0.218. The average Bonchev–Trinajstić information content (AvgIpc) is 2.61. The predicted molar refractivity (Wildman–Crippen MR) is 69.2 cm³/mol. The molecule has 0 aromatic rings. The number of nitrogens with zero attached hydrogens (tertiary/aromatic N) is 1. The molecule has 1 aliphatic carbocycles. The van der Waals surface area contributed by atoms with Crippen molar-refractivity contribution in [1.29, 1.82) is 0 Å². The van der Waals surface area contributed by atoms with E-state index in [1.807, 2.05) is 0 Å². The van der Waals surface area contributed by atoms with Gasteiger partial charge in [-0.25, -0.2) is 0 Å². The molecule has 3 amide bonds. The van der Waals surface area contributed by atoms with Crippen LogP contribution in [0.3, 0.4) is 0 Å². The second-order valence-electron chi connectivity index (χ2n) is 5.23. The SMILES string of the molecule is O=CN1CCCNC(=O)C1C(=O)NC1CCCCC1. The first-order valence-corrected chi connectivity index (χ1v) is 7.01. The quantitative estimate of drug-likeness (QED) is 0.548. The molecule has 2 N–H and O–H groups in total. The van der Waals surface area contributed by atoms with Crippen LogP contribution in [0.4, 0.5) is 0 Å². The highest BCUT2D eigenvalue weighted by atomic mass is 16.2. The van der Waals surface area contributed by atoms with Gasteiger partial charge in [-0.3, -0.25) is 14.4 Å². The molecule has 6 nitrogen and oxygen atoms in total. The topological polar surface area (TPSA) is 78.5 Å². The third-order valence-electron chi connectivity index (χ3n) is 3.81. The minimum absolute atomic E-state index is 0.144. The van der Waals surface area contributed by atoms with Crippen molar-refractivity contribution >= 4 is 18.2 Å². The van der Waals surface area contributed by atoms with Crippen LogP contribution in [0.5, 0.6) is 0 Å². The maximum atomic E-state index is 12.2. The van der Waals surface area contributed by atoms with Crippen molar-refractivity contribution in [2.75, 3.05) is 13.1 Å². The van der Waals surface area contributed by atoms with Crippen LogP contribution in [0, 0.1) is 0 Å². The Balaban J connectivity index is 2.00. The van der Waals surface area contributed by atoms with Crippen molar-refractivity contribution in [3.05, 3.63) is 0 Å². The molecule has 2 rings (SSSR count). The maximum Gasteiger partial charge on any atom is 0.252 e. The third kappa shape index (κ3) is 3.45. The van der Waals surface area contributed by atoms with E-state index in [-0.39, 0.29) is 17.9 Å². The molecule has 1 aliphatic heterocycles. The van der Waals surface area contributed by atoms with E-state index in [1.54, 1.807) is 0 Å². The van der Waals surface area contributed by atoms with Crippen molar-refractivity contribution in [3.8, 4) is 0 Å². The van der Waals surface area contributed by atoms with E-state index in [0.717, 1.165) is 25.7 Å². The Morgan fingerprint density at radius 3 is 2.68 bits per heavy atom. The minimum atomic E-state index is -1.01. The smallest absolute Gasteiger partial charge is 0.252 e. The van der Waals surface area contributed by atoms with Gasteiger partial charge in [0.25, 0.3) is 11.8 Å². The Bertz CT molecular complexity index is 353. The Morgan fingerprint density at radius 1 is 1.26 bits per heavy atom. The summed E-state index contributed by atoms with van der Waals surface area (Å²) in [4.78, 5) is 36.4. The maximum absolute atomic E-state index is 12.2. The van der Waals surface area contributed by atoms with E-state index in [4.69, 9.17) is 0 Å². The molecule has 106 valence electrons. The lowest BCUT2D eigenvalue weighted by Crippen LogP contribution is -2.55. The van der Waals surface area contributed by atoms with Crippen LogP contribution < -0.4 is 10.6 Å². The van der Waals surface area contributed by atoms with Crippen molar-refractivity contribution in [2.45, 2.75) is 50.6 Å². The molecule has 6 heteroatoms. The van der Waals surface area contributed by atoms with Gasteiger partial charge in [-0.2, -0.15) is 0 Å². The summed E-state index contributed by atoms with van der Waals surface area (Å²) < 4.78 is 0. The van der Waals surface area contributed by atoms with E-state index in [0.29, 0.717) is 25.9 Å².